The van der Waals surface area contributed by atoms with E-state index in [0.29, 0.717) is 31.0 Å². The van der Waals surface area contributed by atoms with E-state index in [2.05, 4.69) is 23.8 Å². The van der Waals surface area contributed by atoms with Gasteiger partial charge in [-0.15, -0.1) is 0 Å². The van der Waals surface area contributed by atoms with Gasteiger partial charge < -0.3 is 9.84 Å². The van der Waals surface area contributed by atoms with Crippen molar-refractivity contribution in [2.45, 2.75) is 96.5 Å². The van der Waals surface area contributed by atoms with Gasteiger partial charge in [0, 0.05) is 18.8 Å². The number of ether oxygens (including phenoxy) is 1. The Labute approximate surface area is 159 Å². The predicted molar refractivity (Wildman–Crippen MR) is 105 cm³/mol. The Morgan fingerprint density at radius 3 is 2.69 bits per heavy atom. The highest BCUT2D eigenvalue weighted by Gasteiger charge is 2.32. The number of aliphatic hydroxyl groups is 1. The van der Waals surface area contributed by atoms with E-state index in [1.54, 1.807) is 0 Å². The number of methoxy groups -OCH3 is 1. The van der Waals surface area contributed by atoms with Crippen LogP contribution in [-0.4, -0.2) is 29.6 Å². The van der Waals surface area contributed by atoms with Crippen LogP contribution < -0.4 is 0 Å². The fourth-order valence-corrected chi connectivity index (χ4v) is 3.79. The number of esters is 1. The van der Waals surface area contributed by atoms with Crippen LogP contribution in [-0.2, 0) is 14.3 Å². The second-order valence-electron chi connectivity index (χ2n) is 8.04. The fraction of sp³-hybridized carbons (Fsp3) is 0.818. The zero-order valence-corrected chi connectivity index (χ0v) is 17.0. The molecule has 0 heterocycles. The summed E-state index contributed by atoms with van der Waals surface area (Å²) >= 11 is 0. The Kier molecular flexibility index (Phi) is 10.8. The third-order valence-electron chi connectivity index (χ3n) is 5.54. The molecule has 1 rings (SSSR count). The molecule has 4 nitrogen and oxygen atoms in total. The molecule has 0 aliphatic heterocycles. The topological polar surface area (TPSA) is 63.6 Å². The highest BCUT2D eigenvalue weighted by molar-refractivity contribution is 5.83. The number of carbonyl (C=O) groups is 2. The predicted octanol–water partition coefficient (Wildman–Crippen LogP) is 4.98. The zero-order valence-electron chi connectivity index (χ0n) is 17.0. The molecule has 0 saturated heterocycles. The minimum absolute atomic E-state index is 0.143. The lowest BCUT2D eigenvalue weighted by Crippen LogP contribution is -2.22. The Bertz CT molecular complexity index is 453. The summed E-state index contributed by atoms with van der Waals surface area (Å²) in [5.41, 5.74) is -0.635. The SMILES string of the molecule is CCCC[C@](C)(O)C/C=C/[C@H]1CCC(=O)C1CCCCCCC(=O)OC. The molecule has 150 valence electrons. The van der Waals surface area contributed by atoms with Gasteiger partial charge in [-0.2, -0.15) is 0 Å². The lowest BCUT2D eigenvalue weighted by molar-refractivity contribution is -0.140. The standard InChI is InChI=1S/C22H38O4/c1-4-5-16-22(2,25)17-10-11-18-14-15-20(23)19(18)12-8-6-7-9-13-21(24)26-3/h10-11,18-19,25H,4-9,12-17H2,1-3H3/b11-10+/t18-,19?,22-/m0/s1. The van der Waals surface area contributed by atoms with Crippen LogP contribution >= 0.6 is 0 Å². The first-order chi connectivity index (χ1) is 12.4. The third-order valence-corrected chi connectivity index (χ3v) is 5.54. The smallest absolute Gasteiger partial charge is 0.305 e. The van der Waals surface area contributed by atoms with Crippen molar-refractivity contribution in [3.8, 4) is 0 Å². The summed E-state index contributed by atoms with van der Waals surface area (Å²) in [5.74, 6) is 0.731. The molecular formula is C22H38O4. The molecule has 4 heteroatoms. The fourth-order valence-electron chi connectivity index (χ4n) is 3.79. The molecule has 0 bridgehead atoms. The maximum absolute atomic E-state index is 12.2. The van der Waals surface area contributed by atoms with Crippen LogP contribution in [0.1, 0.15) is 90.9 Å². The Morgan fingerprint density at radius 2 is 2.00 bits per heavy atom. The molecule has 1 aliphatic carbocycles. The summed E-state index contributed by atoms with van der Waals surface area (Å²) < 4.78 is 4.64. The number of carbonyl (C=O) groups excluding carboxylic acids is 2. The number of ketones is 1. The summed E-state index contributed by atoms with van der Waals surface area (Å²) in [6.45, 7) is 4.04. The minimum atomic E-state index is -0.635. The molecular weight excluding hydrogens is 328 g/mol. The molecule has 26 heavy (non-hydrogen) atoms. The van der Waals surface area contributed by atoms with Gasteiger partial charge in [-0.1, -0.05) is 51.2 Å². The Hall–Kier alpha value is -1.16. The molecule has 1 aliphatic rings. The van der Waals surface area contributed by atoms with E-state index in [-0.39, 0.29) is 11.9 Å². The van der Waals surface area contributed by atoms with E-state index in [9.17, 15) is 14.7 Å². The van der Waals surface area contributed by atoms with Gasteiger partial charge in [0.1, 0.15) is 5.78 Å². The van der Waals surface area contributed by atoms with Crippen LogP contribution in [0.4, 0.5) is 0 Å². The first-order valence-corrected chi connectivity index (χ1v) is 10.4. The van der Waals surface area contributed by atoms with Crippen LogP contribution in [0, 0.1) is 11.8 Å². The van der Waals surface area contributed by atoms with Crippen LogP contribution in [0.5, 0.6) is 0 Å². The quantitative estimate of drug-likeness (QED) is 0.283. The molecule has 1 saturated carbocycles. The molecule has 0 aromatic heterocycles. The Morgan fingerprint density at radius 1 is 1.27 bits per heavy atom. The molecule has 1 fully saturated rings. The second-order valence-corrected chi connectivity index (χ2v) is 8.04. The first-order valence-electron chi connectivity index (χ1n) is 10.4. The average molecular weight is 367 g/mol. The molecule has 0 radical (unpaired) electrons. The van der Waals surface area contributed by atoms with Gasteiger partial charge in [0.05, 0.1) is 12.7 Å². The van der Waals surface area contributed by atoms with E-state index in [0.717, 1.165) is 57.8 Å². The molecule has 0 aromatic carbocycles. The van der Waals surface area contributed by atoms with Crippen LogP contribution in [0.2, 0.25) is 0 Å². The molecule has 3 atom stereocenters. The largest absolute Gasteiger partial charge is 0.469 e. The molecule has 0 amide bonds. The lowest BCUT2D eigenvalue weighted by Gasteiger charge is -2.21. The van der Waals surface area contributed by atoms with E-state index in [4.69, 9.17) is 0 Å². The van der Waals surface area contributed by atoms with Crippen LogP contribution in [0.15, 0.2) is 12.2 Å². The van der Waals surface area contributed by atoms with E-state index in [1.807, 2.05) is 6.92 Å². The maximum atomic E-state index is 12.2. The van der Waals surface area contributed by atoms with E-state index >= 15 is 0 Å². The summed E-state index contributed by atoms with van der Waals surface area (Å²) in [7, 11) is 1.42. The molecule has 0 spiro atoms. The second kappa shape index (κ2) is 12.3. The van der Waals surface area contributed by atoms with E-state index < -0.39 is 5.60 Å². The summed E-state index contributed by atoms with van der Waals surface area (Å²) in [5, 5.41) is 10.4. The first kappa shape index (κ1) is 22.9. The molecule has 1 unspecified atom stereocenters. The van der Waals surface area contributed by atoms with Crippen molar-refractivity contribution < 1.29 is 19.4 Å². The highest BCUT2D eigenvalue weighted by Crippen LogP contribution is 2.34. The van der Waals surface area contributed by atoms with Gasteiger partial charge >= 0.3 is 5.97 Å². The van der Waals surface area contributed by atoms with Crippen molar-refractivity contribution in [1.29, 1.82) is 0 Å². The number of hydrogen-bond donors (Lipinski definition) is 1. The molecule has 1 N–H and O–H groups in total. The number of hydrogen-bond acceptors (Lipinski definition) is 4. The molecule has 0 aromatic rings. The van der Waals surface area contributed by atoms with Gasteiger partial charge in [-0.25, -0.2) is 0 Å². The normalized spacial score (nSPS) is 22.7. The number of rotatable bonds is 13. The Balaban J connectivity index is 2.31. The van der Waals surface area contributed by atoms with Gasteiger partial charge in [0.2, 0.25) is 0 Å². The van der Waals surface area contributed by atoms with Crippen molar-refractivity contribution in [3.05, 3.63) is 12.2 Å². The van der Waals surface area contributed by atoms with Crippen molar-refractivity contribution in [3.63, 3.8) is 0 Å². The van der Waals surface area contributed by atoms with Gasteiger partial charge in [0.25, 0.3) is 0 Å². The third kappa shape index (κ3) is 8.98. The summed E-state index contributed by atoms with van der Waals surface area (Å²) in [6.07, 6.45) is 14.9. The van der Waals surface area contributed by atoms with Gasteiger partial charge in [-0.3, -0.25) is 9.59 Å². The zero-order chi connectivity index (χ0) is 19.4. The van der Waals surface area contributed by atoms with Crippen molar-refractivity contribution >= 4 is 11.8 Å². The van der Waals surface area contributed by atoms with Gasteiger partial charge in [0.15, 0.2) is 0 Å². The van der Waals surface area contributed by atoms with E-state index in [1.165, 1.54) is 7.11 Å². The highest BCUT2D eigenvalue weighted by atomic mass is 16.5. The maximum Gasteiger partial charge on any atom is 0.305 e. The summed E-state index contributed by atoms with van der Waals surface area (Å²) in [4.78, 5) is 23.3. The van der Waals surface area contributed by atoms with Crippen LogP contribution in [0.3, 0.4) is 0 Å². The minimum Gasteiger partial charge on any atom is -0.469 e. The van der Waals surface area contributed by atoms with Crippen molar-refractivity contribution in [1.82, 2.24) is 0 Å². The monoisotopic (exact) mass is 366 g/mol. The number of allylic oxidation sites excluding steroid dienone is 1. The van der Waals surface area contributed by atoms with Crippen molar-refractivity contribution in [2.24, 2.45) is 11.8 Å². The number of unbranched alkanes of at least 4 members (excludes halogenated alkanes) is 4. The van der Waals surface area contributed by atoms with Gasteiger partial charge in [-0.05, 0) is 44.9 Å². The average Bonchev–Trinajstić information content (AvgIpc) is 2.96. The number of Topliss-reactive ketones (excluding diaryl/α,β-unsaturated/α-hetero) is 1. The lowest BCUT2D eigenvalue weighted by atomic mass is 9.88. The van der Waals surface area contributed by atoms with Crippen molar-refractivity contribution in [2.75, 3.05) is 7.11 Å². The summed E-state index contributed by atoms with van der Waals surface area (Å²) in [6, 6.07) is 0. The van der Waals surface area contributed by atoms with Crippen LogP contribution in [0.25, 0.3) is 0 Å².